The van der Waals surface area contributed by atoms with Gasteiger partial charge in [-0.15, -0.1) is 0 Å². The lowest BCUT2D eigenvalue weighted by molar-refractivity contribution is -0.138. The molecule has 0 bridgehead atoms. The van der Waals surface area contributed by atoms with Crippen LogP contribution in [-0.4, -0.2) is 29.2 Å². The van der Waals surface area contributed by atoms with Crippen LogP contribution in [0.25, 0.3) is 0 Å². The number of alkyl halides is 3. The molecule has 0 aromatic heterocycles. The van der Waals surface area contributed by atoms with Crippen LogP contribution in [0.3, 0.4) is 0 Å². The molecule has 0 N–H and O–H groups in total. The van der Waals surface area contributed by atoms with E-state index in [-0.39, 0.29) is 36.8 Å². The van der Waals surface area contributed by atoms with Crippen molar-refractivity contribution in [3.8, 4) is 0 Å². The van der Waals surface area contributed by atoms with Crippen molar-refractivity contribution in [3.05, 3.63) is 71.0 Å². The molecular formula is C22H20F4N2O2. The molecule has 4 nitrogen and oxygen atoms in total. The first-order valence-corrected chi connectivity index (χ1v) is 9.73. The van der Waals surface area contributed by atoms with Crippen molar-refractivity contribution < 1.29 is 27.2 Å². The molecule has 2 aromatic rings. The van der Waals surface area contributed by atoms with Gasteiger partial charge >= 0.3 is 6.18 Å². The quantitative estimate of drug-likeness (QED) is 0.632. The van der Waals surface area contributed by atoms with Gasteiger partial charge in [-0.05, 0) is 42.7 Å². The lowest BCUT2D eigenvalue weighted by Gasteiger charge is -2.25. The highest BCUT2D eigenvalue weighted by Gasteiger charge is 2.36. The van der Waals surface area contributed by atoms with Gasteiger partial charge in [-0.1, -0.05) is 29.4 Å². The topological polar surface area (TPSA) is 41.9 Å². The molecule has 1 aliphatic carbocycles. The van der Waals surface area contributed by atoms with E-state index in [2.05, 4.69) is 5.16 Å². The molecule has 1 amide bonds. The Morgan fingerprint density at radius 2 is 1.87 bits per heavy atom. The first kappa shape index (κ1) is 20.4. The van der Waals surface area contributed by atoms with Crippen LogP contribution in [0.15, 0.2) is 53.7 Å². The van der Waals surface area contributed by atoms with Gasteiger partial charge in [0, 0.05) is 24.4 Å². The number of nitrogens with zero attached hydrogens (tertiary/aromatic N) is 2. The van der Waals surface area contributed by atoms with Gasteiger partial charge in [0.25, 0.3) is 0 Å². The minimum Gasteiger partial charge on any atom is -0.390 e. The standard InChI is InChI=1S/C22H20F4N2O2/c23-18-3-1-2-16(10-18)20-11-19(30-27-20)13-28(21(29)15-6-7-15)12-14-4-8-17(9-5-14)22(24,25)26/h1-5,8-10,15,19H,6-7,11-13H2/t19-/m1/s1. The predicted molar refractivity (Wildman–Crippen MR) is 102 cm³/mol. The van der Waals surface area contributed by atoms with Gasteiger partial charge in [0.1, 0.15) is 5.82 Å². The van der Waals surface area contributed by atoms with E-state index in [1.807, 2.05) is 0 Å². The third-order valence-corrected chi connectivity index (χ3v) is 5.21. The predicted octanol–water partition coefficient (Wildman–Crippen LogP) is 4.78. The Bertz CT molecular complexity index is 952. The summed E-state index contributed by atoms with van der Waals surface area (Å²) in [5.74, 6) is -0.436. The second-order valence-electron chi connectivity index (χ2n) is 7.67. The van der Waals surface area contributed by atoms with Crippen LogP contribution in [0, 0.1) is 11.7 Å². The van der Waals surface area contributed by atoms with Crippen molar-refractivity contribution in [1.29, 1.82) is 0 Å². The highest BCUT2D eigenvalue weighted by atomic mass is 19.4. The number of halogens is 4. The number of benzene rings is 2. The number of hydrogen-bond donors (Lipinski definition) is 0. The first-order valence-electron chi connectivity index (χ1n) is 9.73. The number of hydrogen-bond acceptors (Lipinski definition) is 3. The number of oxime groups is 1. The van der Waals surface area contributed by atoms with E-state index in [1.165, 1.54) is 24.3 Å². The average molecular weight is 420 g/mol. The van der Waals surface area contributed by atoms with Crippen molar-refractivity contribution in [3.63, 3.8) is 0 Å². The molecule has 1 saturated carbocycles. The number of amides is 1. The average Bonchev–Trinajstić information content (AvgIpc) is 3.45. The van der Waals surface area contributed by atoms with Crippen LogP contribution in [0.1, 0.15) is 36.0 Å². The molecular weight excluding hydrogens is 400 g/mol. The molecule has 4 rings (SSSR count). The Morgan fingerprint density at radius 3 is 2.50 bits per heavy atom. The van der Waals surface area contributed by atoms with Crippen LogP contribution in [0.4, 0.5) is 17.6 Å². The monoisotopic (exact) mass is 420 g/mol. The summed E-state index contributed by atoms with van der Waals surface area (Å²) < 4.78 is 51.8. The van der Waals surface area contributed by atoms with Crippen molar-refractivity contribution in [2.75, 3.05) is 6.54 Å². The van der Waals surface area contributed by atoms with Crippen LogP contribution >= 0.6 is 0 Å². The van der Waals surface area contributed by atoms with Crippen molar-refractivity contribution in [2.45, 2.75) is 38.1 Å². The van der Waals surface area contributed by atoms with Crippen LogP contribution in [0.2, 0.25) is 0 Å². The zero-order chi connectivity index (χ0) is 21.3. The molecule has 30 heavy (non-hydrogen) atoms. The molecule has 8 heteroatoms. The van der Waals surface area contributed by atoms with E-state index in [4.69, 9.17) is 4.84 Å². The number of carbonyl (C=O) groups is 1. The fraction of sp³-hybridized carbons (Fsp3) is 0.364. The molecule has 1 atom stereocenters. The third kappa shape index (κ3) is 4.80. The molecule has 2 aromatic carbocycles. The molecule has 0 unspecified atom stereocenters. The number of carbonyl (C=O) groups excluding carboxylic acids is 1. The molecule has 0 saturated heterocycles. The summed E-state index contributed by atoms with van der Waals surface area (Å²) >= 11 is 0. The van der Waals surface area contributed by atoms with Gasteiger partial charge in [0.05, 0.1) is 17.8 Å². The minimum absolute atomic E-state index is 0.0299. The van der Waals surface area contributed by atoms with E-state index >= 15 is 0 Å². The van der Waals surface area contributed by atoms with E-state index < -0.39 is 11.7 Å². The summed E-state index contributed by atoms with van der Waals surface area (Å²) in [6.45, 7) is 0.460. The van der Waals surface area contributed by atoms with Crippen molar-refractivity contribution >= 4 is 11.6 Å². The smallest absolute Gasteiger partial charge is 0.390 e. The maximum atomic E-state index is 13.5. The molecule has 2 aliphatic rings. The third-order valence-electron chi connectivity index (χ3n) is 5.21. The second kappa shape index (κ2) is 8.08. The van der Waals surface area contributed by atoms with Gasteiger partial charge in [-0.3, -0.25) is 4.79 Å². The summed E-state index contributed by atoms with van der Waals surface area (Å²) in [6, 6.07) is 10.9. The summed E-state index contributed by atoms with van der Waals surface area (Å²) in [4.78, 5) is 19.8. The summed E-state index contributed by atoms with van der Waals surface area (Å²) in [7, 11) is 0. The first-order chi connectivity index (χ1) is 14.3. The van der Waals surface area contributed by atoms with Crippen molar-refractivity contribution in [2.24, 2.45) is 11.1 Å². The minimum atomic E-state index is -4.40. The normalized spacial score (nSPS) is 18.7. The molecule has 1 heterocycles. The Hall–Kier alpha value is -2.90. The lowest BCUT2D eigenvalue weighted by atomic mass is 10.0. The largest absolute Gasteiger partial charge is 0.416 e. The zero-order valence-electron chi connectivity index (χ0n) is 16.0. The van der Waals surface area contributed by atoms with E-state index in [0.29, 0.717) is 23.3 Å². The fourth-order valence-electron chi connectivity index (χ4n) is 3.45. The Morgan fingerprint density at radius 1 is 1.13 bits per heavy atom. The Balaban J connectivity index is 1.43. The SMILES string of the molecule is O=C(C1CC1)N(Cc1ccc(C(F)(F)F)cc1)C[C@H]1CC(c2cccc(F)c2)=NO1. The summed E-state index contributed by atoms with van der Waals surface area (Å²) in [5.41, 5.74) is 1.12. The Labute approximate surface area is 171 Å². The maximum Gasteiger partial charge on any atom is 0.416 e. The lowest BCUT2D eigenvalue weighted by Crippen LogP contribution is -2.38. The zero-order valence-corrected chi connectivity index (χ0v) is 16.0. The van der Waals surface area contributed by atoms with E-state index in [9.17, 15) is 22.4 Å². The maximum absolute atomic E-state index is 13.5. The molecule has 1 fully saturated rings. The van der Waals surface area contributed by atoms with Crippen LogP contribution < -0.4 is 0 Å². The Kier molecular flexibility index (Phi) is 5.49. The van der Waals surface area contributed by atoms with Crippen LogP contribution in [-0.2, 0) is 22.4 Å². The van der Waals surface area contributed by atoms with Gasteiger partial charge in [0.15, 0.2) is 6.10 Å². The molecule has 158 valence electrons. The van der Waals surface area contributed by atoms with Crippen molar-refractivity contribution in [1.82, 2.24) is 4.90 Å². The molecule has 1 aliphatic heterocycles. The van der Waals surface area contributed by atoms with Gasteiger partial charge in [0.2, 0.25) is 5.91 Å². The van der Waals surface area contributed by atoms with E-state index in [0.717, 1.165) is 25.0 Å². The van der Waals surface area contributed by atoms with Crippen LogP contribution in [0.5, 0.6) is 0 Å². The van der Waals surface area contributed by atoms with Gasteiger partial charge < -0.3 is 9.74 Å². The molecule has 0 spiro atoms. The number of rotatable bonds is 6. The highest BCUT2D eigenvalue weighted by Crippen LogP contribution is 2.33. The summed E-state index contributed by atoms with van der Waals surface area (Å²) in [5, 5.41) is 4.03. The van der Waals surface area contributed by atoms with Gasteiger partial charge in [-0.25, -0.2) is 4.39 Å². The second-order valence-corrected chi connectivity index (χ2v) is 7.67. The molecule has 0 radical (unpaired) electrons. The summed E-state index contributed by atoms with van der Waals surface area (Å²) in [6.07, 6.45) is -2.73. The van der Waals surface area contributed by atoms with Gasteiger partial charge in [-0.2, -0.15) is 13.2 Å². The highest BCUT2D eigenvalue weighted by molar-refractivity contribution is 6.01. The van der Waals surface area contributed by atoms with E-state index in [1.54, 1.807) is 17.0 Å². The fourth-order valence-corrected chi connectivity index (χ4v) is 3.45.